The predicted molar refractivity (Wildman–Crippen MR) is 83.2 cm³/mol. The lowest BCUT2D eigenvalue weighted by Crippen LogP contribution is -2.34. The van der Waals surface area contributed by atoms with Crippen LogP contribution in [0.1, 0.15) is 16.1 Å². The smallest absolute Gasteiger partial charge is 0.287 e. The van der Waals surface area contributed by atoms with Crippen LogP contribution >= 0.6 is 23.2 Å². The van der Waals surface area contributed by atoms with Crippen LogP contribution < -0.4 is 10.7 Å². The van der Waals surface area contributed by atoms with Gasteiger partial charge < -0.3 is 9.73 Å². The Bertz CT molecular complexity index is 699. The number of hydrogen-bond donors (Lipinski definition) is 2. The molecule has 2 amide bonds. The third kappa shape index (κ3) is 4.61. The number of carbonyl (C=O) groups is 2. The van der Waals surface area contributed by atoms with Crippen LogP contribution in [-0.2, 0) is 4.79 Å². The standard InChI is InChI=1S/C14H11Cl2N3O3/c15-10-4-3-9(11(16)6-10)7-18-19-13(20)8-17-14(21)12-2-1-5-22-12/h1-7H,8H2,(H,17,21)(H,19,20)/b18-7-. The number of carbonyl (C=O) groups excluding carboxylic acids is 2. The maximum Gasteiger partial charge on any atom is 0.287 e. The highest BCUT2D eigenvalue weighted by Crippen LogP contribution is 2.19. The van der Waals surface area contributed by atoms with Crippen LogP contribution in [0.15, 0.2) is 46.1 Å². The van der Waals surface area contributed by atoms with E-state index in [2.05, 4.69) is 15.8 Å². The average molecular weight is 340 g/mol. The van der Waals surface area contributed by atoms with E-state index in [1.54, 1.807) is 24.3 Å². The minimum Gasteiger partial charge on any atom is -0.459 e. The molecule has 2 N–H and O–H groups in total. The summed E-state index contributed by atoms with van der Waals surface area (Å²) in [4.78, 5) is 23.1. The molecular formula is C14H11Cl2N3O3. The summed E-state index contributed by atoms with van der Waals surface area (Å²) in [6.45, 7) is -0.231. The van der Waals surface area contributed by atoms with E-state index in [0.29, 0.717) is 15.6 Å². The fourth-order valence-corrected chi connectivity index (χ4v) is 1.93. The van der Waals surface area contributed by atoms with Gasteiger partial charge in [-0.3, -0.25) is 9.59 Å². The molecule has 0 atom stereocenters. The summed E-state index contributed by atoms with van der Waals surface area (Å²) in [5, 5.41) is 7.06. The van der Waals surface area contributed by atoms with Gasteiger partial charge >= 0.3 is 0 Å². The SMILES string of the molecule is O=C(CNC(=O)c1ccco1)N/N=C\c1ccc(Cl)cc1Cl. The fraction of sp³-hybridized carbons (Fsp3) is 0.0714. The minimum absolute atomic E-state index is 0.129. The summed E-state index contributed by atoms with van der Waals surface area (Å²) in [7, 11) is 0. The van der Waals surface area contributed by atoms with E-state index in [4.69, 9.17) is 27.6 Å². The molecule has 2 rings (SSSR count). The quantitative estimate of drug-likeness (QED) is 0.648. The number of furan rings is 1. The molecular weight excluding hydrogens is 329 g/mol. The van der Waals surface area contributed by atoms with Crippen molar-refractivity contribution in [2.45, 2.75) is 0 Å². The lowest BCUT2D eigenvalue weighted by Gasteiger charge is -2.02. The van der Waals surface area contributed by atoms with E-state index in [0.717, 1.165) is 0 Å². The van der Waals surface area contributed by atoms with Gasteiger partial charge in [0.25, 0.3) is 11.8 Å². The first-order chi connectivity index (χ1) is 10.6. The predicted octanol–water partition coefficient (Wildman–Crippen LogP) is 2.47. The van der Waals surface area contributed by atoms with Gasteiger partial charge in [-0.2, -0.15) is 5.10 Å². The van der Waals surface area contributed by atoms with Crippen molar-refractivity contribution in [3.63, 3.8) is 0 Å². The van der Waals surface area contributed by atoms with Gasteiger partial charge in [-0.05, 0) is 24.3 Å². The lowest BCUT2D eigenvalue weighted by atomic mass is 10.2. The number of nitrogens with zero attached hydrogens (tertiary/aromatic N) is 1. The van der Waals surface area contributed by atoms with Crippen LogP contribution in [0.2, 0.25) is 10.0 Å². The van der Waals surface area contributed by atoms with Gasteiger partial charge in [-0.1, -0.05) is 29.3 Å². The number of amides is 2. The summed E-state index contributed by atoms with van der Waals surface area (Å²) < 4.78 is 4.89. The van der Waals surface area contributed by atoms with Crippen molar-refractivity contribution in [3.8, 4) is 0 Å². The van der Waals surface area contributed by atoms with E-state index < -0.39 is 11.8 Å². The van der Waals surface area contributed by atoms with E-state index in [1.807, 2.05) is 0 Å². The van der Waals surface area contributed by atoms with Crippen molar-refractivity contribution in [1.82, 2.24) is 10.7 Å². The molecule has 22 heavy (non-hydrogen) atoms. The molecule has 1 heterocycles. The van der Waals surface area contributed by atoms with Crippen molar-refractivity contribution in [2.24, 2.45) is 5.10 Å². The third-order valence-electron chi connectivity index (χ3n) is 2.51. The first kappa shape index (κ1) is 16.1. The summed E-state index contributed by atoms with van der Waals surface area (Å²) in [5.41, 5.74) is 2.87. The summed E-state index contributed by atoms with van der Waals surface area (Å²) >= 11 is 11.7. The van der Waals surface area contributed by atoms with Crippen molar-refractivity contribution < 1.29 is 14.0 Å². The van der Waals surface area contributed by atoms with Crippen molar-refractivity contribution >= 4 is 41.2 Å². The van der Waals surface area contributed by atoms with Crippen LogP contribution in [0.3, 0.4) is 0 Å². The van der Waals surface area contributed by atoms with Gasteiger partial charge in [-0.15, -0.1) is 0 Å². The molecule has 0 aliphatic rings. The Morgan fingerprint density at radius 3 is 2.77 bits per heavy atom. The number of benzene rings is 1. The molecule has 114 valence electrons. The van der Waals surface area contributed by atoms with Crippen molar-refractivity contribution in [1.29, 1.82) is 0 Å². The Morgan fingerprint density at radius 2 is 2.09 bits per heavy atom. The summed E-state index contributed by atoms with van der Waals surface area (Å²) in [6, 6.07) is 7.96. The van der Waals surface area contributed by atoms with E-state index >= 15 is 0 Å². The minimum atomic E-state index is -0.485. The molecule has 8 heteroatoms. The Kier molecular flexibility index (Phi) is 5.57. The Morgan fingerprint density at radius 1 is 1.27 bits per heavy atom. The second kappa shape index (κ2) is 7.63. The van der Waals surface area contributed by atoms with E-state index in [9.17, 15) is 9.59 Å². The Hall–Kier alpha value is -2.31. The van der Waals surface area contributed by atoms with Crippen molar-refractivity contribution in [2.75, 3.05) is 6.54 Å². The zero-order valence-electron chi connectivity index (χ0n) is 11.2. The topological polar surface area (TPSA) is 83.7 Å². The highest BCUT2D eigenvalue weighted by molar-refractivity contribution is 6.36. The number of nitrogens with one attached hydrogen (secondary N) is 2. The molecule has 0 spiro atoms. The monoisotopic (exact) mass is 339 g/mol. The van der Waals surface area contributed by atoms with Crippen LogP contribution in [0.4, 0.5) is 0 Å². The number of hydrazone groups is 1. The molecule has 0 aliphatic heterocycles. The third-order valence-corrected chi connectivity index (χ3v) is 3.07. The highest BCUT2D eigenvalue weighted by Gasteiger charge is 2.09. The van der Waals surface area contributed by atoms with Crippen LogP contribution in [-0.4, -0.2) is 24.6 Å². The Labute approximate surface area is 136 Å². The first-order valence-corrected chi connectivity index (χ1v) is 6.90. The molecule has 1 aromatic heterocycles. The number of hydrogen-bond acceptors (Lipinski definition) is 4. The summed E-state index contributed by atoms with van der Waals surface area (Å²) in [5.74, 6) is -0.838. The Balaban J connectivity index is 1.80. The highest BCUT2D eigenvalue weighted by atomic mass is 35.5. The normalized spacial score (nSPS) is 10.6. The second-order valence-electron chi connectivity index (χ2n) is 4.12. The lowest BCUT2D eigenvalue weighted by molar-refractivity contribution is -0.120. The maximum atomic E-state index is 11.5. The molecule has 0 saturated heterocycles. The van der Waals surface area contributed by atoms with Gasteiger partial charge in [0.2, 0.25) is 0 Å². The summed E-state index contributed by atoms with van der Waals surface area (Å²) in [6.07, 6.45) is 2.75. The van der Waals surface area contributed by atoms with Crippen molar-refractivity contribution in [3.05, 3.63) is 58.0 Å². The van der Waals surface area contributed by atoms with E-state index in [-0.39, 0.29) is 12.3 Å². The number of rotatable bonds is 5. The van der Waals surface area contributed by atoms with E-state index in [1.165, 1.54) is 18.5 Å². The molecule has 0 fully saturated rings. The molecule has 0 saturated carbocycles. The molecule has 0 radical (unpaired) electrons. The van der Waals surface area contributed by atoms with Gasteiger partial charge in [0.05, 0.1) is 24.0 Å². The largest absolute Gasteiger partial charge is 0.459 e. The zero-order valence-corrected chi connectivity index (χ0v) is 12.7. The fourth-order valence-electron chi connectivity index (χ4n) is 1.47. The second-order valence-corrected chi connectivity index (χ2v) is 4.96. The molecule has 6 nitrogen and oxygen atoms in total. The average Bonchev–Trinajstić information content (AvgIpc) is 3.01. The number of halogens is 2. The molecule has 2 aromatic rings. The molecule has 1 aromatic carbocycles. The van der Waals surface area contributed by atoms with Crippen LogP contribution in [0.5, 0.6) is 0 Å². The first-order valence-electron chi connectivity index (χ1n) is 6.15. The van der Waals surface area contributed by atoms with Gasteiger partial charge in [-0.25, -0.2) is 5.43 Å². The molecule has 0 aliphatic carbocycles. The van der Waals surface area contributed by atoms with Crippen LogP contribution in [0, 0.1) is 0 Å². The maximum absolute atomic E-state index is 11.5. The molecule has 0 bridgehead atoms. The van der Waals surface area contributed by atoms with Gasteiger partial charge in [0, 0.05) is 10.6 Å². The van der Waals surface area contributed by atoms with Crippen LogP contribution in [0.25, 0.3) is 0 Å². The molecule has 0 unspecified atom stereocenters. The van der Waals surface area contributed by atoms with Gasteiger partial charge in [0.15, 0.2) is 5.76 Å². The zero-order chi connectivity index (χ0) is 15.9. The van der Waals surface area contributed by atoms with Gasteiger partial charge in [0.1, 0.15) is 0 Å².